The molecule has 1 spiro atoms. The first-order valence-electron chi connectivity index (χ1n) is 9.67. The van der Waals surface area contributed by atoms with Crippen LogP contribution in [0.5, 0.6) is 5.75 Å². The van der Waals surface area contributed by atoms with Crippen LogP contribution in [0.2, 0.25) is 0 Å². The smallest absolute Gasteiger partial charge is 0.263 e. The van der Waals surface area contributed by atoms with Crippen molar-refractivity contribution in [2.75, 3.05) is 26.2 Å². The van der Waals surface area contributed by atoms with Crippen molar-refractivity contribution >= 4 is 18.3 Å². The van der Waals surface area contributed by atoms with Crippen LogP contribution in [0.25, 0.3) is 0 Å². The number of piperidine rings is 1. The van der Waals surface area contributed by atoms with Gasteiger partial charge < -0.3 is 15.0 Å². The number of ether oxygens (including phenoxy) is 1. The van der Waals surface area contributed by atoms with Gasteiger partial charge >= 0.3 is 0 Å². The highest BCUT2D eigenvalue weighted by atomic mass is 35.5. The van der Waals surface area contributed by atoms with Gasteiger partial charge in [-0.3, -0.25) is 4.79 Å². The number of hydrogen-bond donors (Lipinski definition) is 1. The molecule has 26 heavy (non-hydrogen) atoms. The van der Waals surface area contributed by atoms with E-state index in [0.717, 1.165) is 50.3 Å². The Balaban J connectivity index is 0.00000243. The Labute approximate surface area is 164 Å². The third kappa shape index (κ3) is 4.52. The molecule has 0 saturated carbocycles. The second kappa shape index (κ2) is 8.62. The van der Waals surface area contributed by atoms with Gasteiger partial charge in [0.15, 0.2) is 6.10 Å². The fourth-order valence-electron chi connectivity index (χ4n) is 4.02. The van der Waals surface area contributed by atoms with Gasteiger partial charge in [-0.25, -0.2) is 0 Å². The molecule has 2 fully saturated rings. The van der Waals surface area contributed by atoms with Crippen LogP contribution in [0.1, 0.15) is 57.1 Å². The SMILES string of the molecule is Cc1ccc(C(C)C)cc1OC(C)C(=O)N1CCC2(CCNC2)CC1.Cl. The predicted molar refractivity (Wildman–Crippen MR) is 108 cm³/mol. The lowest BCUT2D eigenvalue weighted by molar-refractivity contribution is -0.140. The topological polar surface area (TPSA) is 41.6 Å². The first kappa shape index (κ1) is 21.0. The molecule has 0 aromatic heterocycles. The normalized spacial score (nSPS) is 20.1. The van der Waals surface area contributed by atoms with Crippen LogP contribution in [0.4, 0.5) is 0 Å². The highest BCUT2D eigenvalue weighted by molar-refractivity contribution is 5.85. The summed E-state index contributed by atoms with van der Waals surface area (Å²) in [4.78, 5) is 14.8. The quantitative estimate of drug-likeness (QED) is 0.861. The fourth-order valence-corrected chi connectivity index (χ4v) is 4.02. The summed E-state index contributed by atoms with van der Waals surface area (Å²) >= 11 is 0. The molecule has 2 heterocycles. The molecule has 5 heteroatoms. The molecule has 0 bridgehead atoms. The van der Waals surface area contributed by atoms with E-state index in [0.29, 0.717) is 11.3 Å². The first-order valence-corrected chi connectivity index (χ1v) is 9.67. The lowest BCUT2D eigenvalue weighted by Gasteiger charge is -2.39. The van der Waals surface area contributed by atoms with E-state index in [2.05, 4.69) is 37.4 Å². The highest BCUT2D eigenvalue weighted by Crippen LogP contribution is 2.37. The van der Waals surface area contributed by atoms with Crippen molar-refractivity contribution in [2.45, 2.75) is 59.0 Å². The molecule has 3 rings (SSSR count). The van der Waals surface area contributed by atoms with Crippen molar-refractivity contribution in [3.05, 3.63) is 29.3 Å². The van der Waals surface area contributed by atoms with Crippen LogP contribution in [-0.4, -0.2) is 43.1 Å². The number of rotatable bonds is 4. The van der Waals surface area contributed by atoms with Gasteiger partial charge in [0.2, 0.25) is 0 Å². The predicted octanol–water partition coefficient (Wildman–Crippen LogP) is 3.91. The zero-order valence-electron chi connectivity index (χ0n) is 16.5. The van der Waals surface area contributed by atoms with Gasteiger partial charge in [-0.15, -0.1) is 12.4 Å². The molecule has 146 valence electrons. The van der Waals surface area contributed by atoms with Gasteiger partial charge in [0.1, 0.15) is 5.75 Å². The molecular formula is C21H33ClN2O2. The van der Waals surface area contributed by atoms with E-state index in [4.69, 9.17) is 4.74 Å². The van der Waals surface area contributed by atoms with Gasteiger partial charge in [-0.05, 0) is 68.2 Å². The van der Waals surface area contributed by atoms with E-state index in [1.807, 2.05) is 18.7 Å². The third-order valence-corrected chi connectivity index (χ3v) is 6.00. The minimum absolute atomic E-state index is 0. The van der Waals surface area contributed by atoms with Crippen molar-refractivity contribution < 1.29 is 9.53 Å². The first-order chi connectivity index (χ1) is 11.9. The molecule has 1 amide bonds. The van der Waals surface area contributed by atoms with E-state index in [1.54, 1.807) is 0 Å². The molecule has 2 aliphatic heterocycles. The molecule has 0 aliphatic carbocycles. The maximum Gasteiger partial charge on any atom is 0.263 e. The van der Waals surface area contributed by atoms with E-state index in [9.17, 15) is 4.79 Å². The van der Waals surface area contributed by atoms with Gasteiger partial charge in [0.05, 0.1) is 0 Å². The molecule has 1 aromatic carbocycles. The molecule has 1 aromatic rings. The Kier molecular flexibility index (Phi) is 6.98. The summed E-state index contributed by atoms with van der Waals surface area (Å²) < 4.78 is 6.06. The largest absolute Gasteiger partial charge is 0.481 e. The average molecular weight is 381 g/mol. The Bertz CT molecular complexity index is 616. The fraction of sp³-hybridized carbons (Fsp3) is 0.667. The zero-order chi connectivity index (χ0) is 18.0. The number of aryl methyl sites for hydroxylation is 1. The van der Waals surface area contributed by atoms with E-state index < -0.39 is 6.10 Å². The number of halogens is 1. The summed E-state index contributed by atoms with van der Waals surface area (Å²) in [5.41, 5.74) is 2.76. The zero-order valence-corrected chi connectivity index (χ0v) is 17.3. The molecule has 1 unspecified atom stereocenters. The standard InChI is InChI=1S/C21H32N2O2.ClH/c1-15(2)18-6-5-16(3)19(13-18)25-17(4)20(24)23-11-8-21(9-12-23)7-10-22-14-21;/h5-6,13,15,17,22H,7-12,14H2,1-4H3;1H. The number of nitrogens with one attached hydrogen (secondary N) is 1. The maximum absolute atomic E-state index is 12.8. The summed E-state index contributed by atoms with van der Waals surface area (Å²) in [5.74, 6) is 1.41. The maximum atomic E-state index is 12.8. The third-order valence-electron chi connectivity index (χ3n) is 6.00. The van der Waals surface area contributed by atoms with E-state index >= 15 is 0 Å². The van der Waals surface area contributed by atoms with Crippen LogP contribution in [0.15, 0.2) is 18.2 Å². The summed E-state index contributed by atoms with van der Waals surface area (Å²) in [6.45, 7) is 12.2. The molecule has 2 aliphatic rings. The second-order valence-electron chi connectivity index (χ2n) is 8.19. The number of amides is 1. The number of carbonyl (C=O) groups is 1. The van der Waals surface area contributed by atoms with Crippen molar-refractivity contribution in [1.82, 2.24) is 10.2 Å². The van der Waals surface area contributed by atoms with Crippen molar-refractivity contribution in [3.8, 4) is 5.75 Å². The summed E-state index contributed by atoms with van der Waals surface area (Å²) in [7, 11) is 0. The van der Waals surface area contributed by atoms with Crippen LogP contribution in [0, 0.1) is 12.3 Å². The number of likely N-dealkylation sites (tertiary alicyclic amines) is 1. The minimum Gasteiger partial charge on any atom is -0.481 e. The lowest BCUT2D eigenvalue weighted by atomic mass is 9.78. The van der Waals surface area contributed by atoms with Gasteiger partial charge in [0, 0.05) is 19.6 Å². The molecular weight excluding hydrogens is 348 g/mol. The van der Waals surface area contributed by atoms with Crippen molar-refractivity contribution in [1.29, 1.82) is 0 Å². The summed E-state index contributed by atoms with van der Waals surface area (Å²) in [6, 6.07) is 6.30. The monoisotopic (exact) mass is 380 g/mol. The van der Waals surface area contributed by atoms with Crippen molar-refractivity contribution in [3.63, 3.8) is 0 Å². The number of benzene rings is 1. The van der Waals surface area contributed by atoms with Crippen LogP contribution in [-0.2, 0) is 4.79 Å². The van der Waals surface area contributed by atoms with Crippen LogP contribution < -0.4 is 10.1 Å². The molecule has 1 N–H and O–H groups in total. The Hall–Kier alpha value is -1.26. The molecule has 2 saturated heterocycles. The van der Waals surface area contributed by atoms with Gasteiger partial charge in [-0.1, -0.05) is 26.0 Å². The molecule has 1 atom stereocenters. The van der Waals surface area contributed by atoms with Gasteiger partial charge in [0.25, 0.3) is 5.91 Å². The average Bonchev–Trinajstić information content (AvgIpc) is 3.04. The Morgan fingerprint density at radius 3 is 2.46 bits per heavy atom. The lowest BCUT2D eigenvalue weighted by Crippen LogP contribution is -2.48. The van der Waals surface area contributed by atoms with Crippen LogP contribution in [0.3, 0.4) is 0 Å². The Morgan fingerprint density at radius 2 is 1.88 bits per heavy atom. The Morgan fingerprint density at radius 1 is 1.19 bits per heavy atom. The minimum atomic E-state index is -0.433. The van der Waals surface area contributed by atoms with E-state index in [1.165, 1.54) is 12.0 Å². The van der Waals surface area contributed by atoms with Crippen molar-refractivity contribution in [2.24, 2.45) is 5.41 Å². The van der Waals surface area contributed by atoms with Gasteiger partial charge in [-0.2, -0.15) is 0 Å². The molecule has 4 nitrogen and oxygen atoms in total. The highest BCUT2D eigenvalue weighted by Gasteiger charge is 2.38. The number of carbonyl (C=O) groups excluding carboxylic acids is 1. The van der Waals surface area contributed by atoms with Crippen LogP contribution >= 0.6 is 12.4 Å². The van der Waals surface area contributed by atoms with E-state index in [-0.39, 0.29) is 18.3 Å². The molecule has 0 radical (unpaired) electrons. The second-order valence-corrected chi connectivity index (χ2v) is 8.19. The number of hydrogen-bond acceptors (Lipinski definition) is 3. The summed E-state index contributed by atoms with van der Waals surface area (Å²) in [5, 5.41) is 3.47. The summed E-state index contributed by atoms with van der Waals surface area (Å²) in [6.07, 6.45) is 3.04. The number of nitrogens with zero attached hydrogens (tertiary/aromatic N) is 1.